The Morgan fingerprint density at radius 3 is 2.73 bits per heavy atom. The van der Waals surface area contributed by atoms with Gasteiger partial charge in [-0.2, -0.15) is 10.4 Å². The molecule has 2 aromatic heterocycles. The second kappa shape index (κ2) is 8.86. The van der Waals surface area contributed by atoms with Crippen molar-refractivity contribution in [2.24, 2.45) is 4.99 Å². The van der Waals surface area contributed by atoms with Crippen LogP contribution in [0.4, 0.5) is 17.3 Å². The summed E-state index contributed by atoms with van der Waals surface area (Å²) in [6.07, 6.45) is 4.80. The van der Waals surface area contributed by atoms with Crippen molar-refractivity contribution in [3.63, 3.8) is 0 Å². The third-order valence-corrected chi connectivity index (χ3v) is 4.13. The molecule has 0 atom stereocenters. The number of aromatic amines is 1. The Hall–Kier alpha value is -4.22. The van der Waals surface area contributed by atoms with Crippen LogP contribution >= 0.6 is 11.6 Å². The Balaban J connectivity index is 1.52. The molecule has 0 aliphatic carbocycles. The number of ether oxygens (including phenoxy) is 1. The van der Waals surface area contributed by atoms with Crippen molar-refractivity contribution < 1.29 is 4.74 Å². The molecule has 4 aromatic rings. The van der Waals surface area contributed by atoms with Gasteiger partial charge in [0, 0.05) is 29.3 Å². The highest BCUT2D eigenvalue weighted by Gasteiger charge is 2.12. The molecular weight excluding hydrogens is 402 g/mol. The third kappa shape index (κ3) is 4.60. The molecule has 0 saturated heterocycles. The number of hydrogen-bond acceptors (Lipinski definition) is 7. The second-order valence-electron chi connectivity index (χ2n) is 6.01. The largest absolute Gasteiger partial charge is 0.424 e. The number of anilines is 2. The summed E-state index contributed by atoms with van der Waals surface area (Å²) in [6.45, 7) is 0. The van der Waals surface area contributed by atoms with E-state index in [0.717, 1.165) is 11.3 Å². The summed E-state index contributed by atoms with van der Waals surface area (Å²) in [6, 6.07) is 18.5. The van der Waals surface area contributed by atoms with Crippen molar-refractivity contribution in [1.82, 2.24) is 20.2 Å². The van der Waals surface area contributed by atoms with Gasteiger partial charge >= 0.3 is 6.01 Å². The van der Waals surface area contributed by atoms with Gasteiger partial charge in [-0.15, -0.1) is 0 Å². The topological polar surface area (TPSA) is 112 Å². The van der Waals surface area contributed by atoms with Gasteiger partial charge in [0.1, 0.15) is 23.2 Å². The van der Waals surface area contributed by atoms with Gasteiger partial charge in [-0.1, -0.05) is 29.8 Å². The molecule has 0 spiro atoms. The minimum Gasteiger partial charge on any atom is -0.424 e. The molecule has 2 aromatic carbocycles. The van der Waals surface area contributed by atoms with Gasteiger partial charge in [0.15, 0.2) is 5.82 Å². The highest BCUT2D eigenvalue weighted by atomic mass is 35.5. The molecule has 2 N–H and O–H groups in total. The monoisotopic (exact) mass is 415 g/mol. The van der Waals surface area contributed by atoms with Crippen LogP contribution in [0, 0.1) is 11.3 Å². The SMILES string of the molecule is N#Cc1c(N=Cc2cccc(Oc3ncccn3)c2)n[nH]c1Nc1cccc(Cl)c1. The molecule has 2 heterocycles. The van der Waals surface area contributed by atoms with Crippen LogP contribution in [-0.2, 0) is 0 Å². The molecule has 0 amide bonds. The molecule has 146 valence electrons. The lowest BCUT2D eigenvalue weighted by molar-refractivity contribution is 0.441. The quantitative estimate of drug-likeness (QED) is 0.428. The smallest absolute Gasteiger partial charge is 0.321 e. The predicted molar refractivity (Wildman–Crippen MR) is 114 cm³/mol. The van der Waals surface area contributed by atoms with Crippen LogP contribution in [0.1, 0.15) is 11.1 Å². The summed E-state index contributed by atoms with van der Waals surface area (Å²) in [4.78, 5) is 12.4. The highest BCUT2D eigenvalue weighted by Crippen LogP contribution is 2.27. The molecular formula is C21H14ClN7O. The van der Waals surface area contributed by atoms with Crippen LogP contribution in [0.5, 0.6) is 11.8 Å². The van der Waals surface area contributed by atoms with Gasteiger partial charge < -0.3 is 10.1 Å². The normalized spacial score (nSPS) is 10.7. The van der Waals surface area contributed by atoms with Crippen LogP contribution < -0.4 is 10.1 Å². The Morgan fingerprint density at radius 2 is 1.93 bits per heavy atom. The molecule has 0 aliphatic heterocycles. The molecule has 0 aliphatic rings. The lowest BCUT2D eigenvalue weighted by Gasteiger charge is -2.04. The summed E-state index contributed by atoms with van der Waals surface area (Å²) >= 11 is 6.00. The number of aliphatic imine (C=N–C) groups is 1. The Labute approximate surface area is 176 Å². The molecule has 4 rings (SSSR count). The fraction of sp³-hybridized carbons (Fsp3) is 0. The number of hydrogen-bond donors (Lipinski definition) is 2. The lowest BCUT2D eigenvalue weighted by Crippen LogP contribution is -1.92. The number of aromatic nitrogens is 4. The van der Waals surface area contributed by atoms with E-state index in [1.165, 1.54) is 0 Å². The molecule has 8 nitrogen and oxygen atoms in total. The van der Waals surface area contributed by atoms with E-state index in [0.29, 0.717) is 16.6 Å². The molecule has 30 heavy (non-hydrogen) atoms. The zero-order valence-corrected chi connectivity index (χ0v) is 16.2. The minimum atomic E-state index is 0.252. The van der Waals surface area contributed by atoms with E-state index in [-0.39, 0.29) is 17.4 Å². The summed E-state index contributed by atoms with van der Waals surface area (Å²) in [5.41, 5.74) is 1.78. The van der Waals surface area contributed by atoms with Crippen molar-refractivity contribution in [2.75, 3.05) is 5.32 Å². The second-order valence-corrected chi connectivity index (χ2v) is 6.44. The van der Waals surface area contributed by atoms with Crippen molar-refractivity contribution >= 4 is 35.1 Å². The predicted octanol–water partition coefficient (Wildman–Crippen LogP) is 5.01. The van der Waals surface area contributed by atoms with Gasteiger partial charge in [-0.3, -0.25) is 5.10 Å². The summed E-state index contributed by atoms with van der Waals surface area (Å²) < 4.78 is 5.62. The first kappa shape index (κ1) is 19.1. The summed E-state index contributed by atoms with van der Waals surface area (Å²) in [5, 5.41) is 20.1. The Kier molecular flexibility index (Phi) is 5.64. The van der Waals surface area contributed by atoms with Gasteiger partial charge in [0.2, 0.25) is 0 Å². The molecule has 0 saturated carbocycles. The average molecular weight is 416 g/mol. The van der Waals surface area contributed by atoms with Crippen LogP contribution in [0.15, 0.2) is 72.0 Å². The van der Waals surface area contributed by atoms with E-state index < -0.39 is 0 Å². The van der Waals surface area contributed by atoms with Gasteiger partial charge in [0.05, 0.1) is 0 Å². The van der Waals surface area contributed by atoms with Crippen molar-refractivity contribution in [3.05, 3.63) is 83.1 Å². The lowest BCUT2D eigenvalue weighted by atomic mass is 10.2. The molecule has 0 radical (unpaired) electrons. The molecule has 9 heteroatoms. The maximum atomic E-state index is 9.54. The zero-order valence-electron chi connectivity index (χ0n) is 15.5. The average Bonchev–Trinajstić information content (AvgIpc) is 3.14. The van der Waals surface area contributed by atoms with E-state index in [1.54, 1.807) is 48.9 Å². The number of nitriles is 1. The number of rotatable bonds is 6. The first-order valence-corrected chi connectivity index (χ1v) is 9.19. The van der Waals surface area contributed by atoms with Gasteiger partial charge in [0.25, 0.3) is 0 Å². The van der Waals surface area contributed by atoms with Crippen LogP contribution in [0.25, 0.3) is 0 Å². The van der Waals surface area contributed by atoms with E-state index in [1.807, 2.05) is 24.3 Å². The first-order chi connectivity index (χ1) is 14.7. The maximum Gasteiger partial charge on any atom is 0.321 e. The van der Waals surface area contributed by atoms with Gasteiger partial charge in [-0.25, -0.2) is 15.0 Å². The number of nitrogens with one attached hydrogen (secondary N) is 2. The fourth-order valence-electron chi connectivity index (χ4n) is 2.57. The van der Waals surface area contributed by atoms with Crippen molar-refractivity contribution in [1.29, 1.82) is 5.26 Å². The summed E-state index contributed by atoms with van der Waals surface area (Å²) in [7, 11) is 0. The third-order valence-electron chi connectivity index (χ3n) is 3.90. The number of H-pyrrole nitrogens is 1. The first-order valence-electron chi connectivity index (χ1n) is 8.81. The molecule has 0 bridgehead atoms. The maximum absolute atomic E-state index is 9.54. The molecule has 0 unspecified atom stereocenters. The number of benzene rings is 2. The molecule has 0 fully saturated rings. The Bertz CT molecular complexity index is 1230. The minimum absolute atomic E-state index is 0.252. The highest BCUT2D eigenvalue weighted by molar-refractivity contribution is 6.30. The van der Waals surface area contributed by atoms with E-state index in [2.05, 4.69) is 36.5 Å². The van der Waals surface area contributed by atoms with Gasteiger partial charge in [-0.05, 0) is 42.0 Å². The Morgan fingerprint density at radius 1 is 1.10 bits per heavy atom. The summed E-state index contributed by atoms with van der Waals surface area (Å²) in [5.74, 6) is 1.26. The zero-order chi connectivity index (χ0) is 20.8. The number of halogens is 1. The van der Waals surface area contributed by atoms with Crippen molar-refractivity contribution in [3.8, 4) is 17.8 Å². The van der Waals surface area contributed by atoms with Crippen LogP contribution in [0.2, 0.25) is 5.02 Å². The van der Waals surface area contributed by atoms with E-state index in [4.69, 9.17) is 16.3 Å². The van der Waals surface area contributed by atoms with Crippen LogP contribution in [0.3, 0.4) is 0 Å². The van der Waals surface area contributed by atoms with Crippen LogP contribution in [-0.4, -0.2) is 26.4 Å². The standard InChI is InChI=1S/C21H14ClN7O/c22-15-5-2-6-16(11-15)27-20-18(12-23)19(28-29-20)26-13-14-4-1-7-17(10-14)30-21-24-8-3-9-25-21/h1-11,13H,(H2,27,28,29). The number of nitrogens with zero attached hydrogens (tertiary/aromatic N) is 5. The van der Waals surface area contributed by atoms with E-state index >= 15 is 0 Å². The van der Waals surface area contributed by atoms with E-state index in [9.17, 15) is 5.26 Å². The fourth-order valence-corrected chi connectivity index (χ4v) is 2.76. The van der Waals surface area contributed by atoms with Crippen molar-refractivity contribution in [2.45, 2.75) is 0 Å².